The van der Waals surface area contributed by atoms with Crippen molar-refractivity contribution in [3.8, 4) is 0 Å². The quantitative estimate of drug-likeness (QED) is 0.696. The van der Waals surface area contributed by atoms with Crippen molar-refractivity contribution < 1.29 is 4.79 Å². The molecule has 10 heteroatoms. The van der Waals surface area contributed by atoms with E-state index in [1.54, 1.807) is 15.6 Å². The number of thioether (sulfide) groups is 1. The number of hydrogen-bond donors (Lipinski definition) is 1. The molecule has 0 unspecified atom stereocenters. The van der Waals surface area contributed by atoms with Crippen LogP contribution in [0.4, 0.5) is 5.69 Å². The fourth-order valence-electron chi connectivity index (χ4n) is 2.53. The summed E-state index contributed by atoms with van der Waals surface area (Å²) in [6, 6.07) is 2.28. The van der Waals surface area contributed by atoms with Gasteiger partial charge in [-0.1, -0.05) is 11.8 Å². The lowest BCUT2D eigenvalue weighted by Gasteiger charge is -2.05. The van der Waals surface area contributed by atoms with Crippen LogP contribution in [0.25, 0.3) is 11.0 Å². The Morgan fingerprint density at radius 1 is 1.46 bits per heavy atom. The van der Waals surface area contributed by atoms with Crippen LogP contribution in [0.1, 0.15) is 24.6 Å². The van der Waals surface area contributed by atoms with E-state index in [-0.39, 0.29) is 11.7 Å². The lowest BCUT2D eigenvalue weighted by Crippen LogP contribution is -2.15. The van der Waals surface area contributed by atoms with Gasteiger partial charge in [0.2, 0.25) is 11.1 Å². The van der Waals surface area contributed by atoms with Crippen LogP contribution < -0.4 is 5.32 Å². The zero-order chi connectivity index (χ0) is 16.7. The molecule has 9 nitrogen and oxygen atoms in total. The second kappa shape index (κ2) is 5.86. The zero-order valence-electron chi connectivity index (χ0n) is 13.3. The SMILES string of the molecule is Cc1nn(C)c2ncc(NC(=O)CSc3nnnn3C3CC3)cc12. The zero-order valence-corrected chi connectivity index (χ0v) is 14.1. The summed E-state index contributed by atoms with van der Waals surface area (Å²) in [4.78, 5) is 16.5. The van der Waals surface area contributed by atoms with Crippen LogP contribution in [0.3, 0.4) is 0 Å². The lowest BCUT2D eigenvalue weighted by atomic mass is 10.2. The van der Waals surface area contributed by atoms with Crippen molar-refractivity contribution in [2.45, 2.75) is 31.0 Å². The minimum atomic E-state index is -0.118. The average molecular weight is 344 g/mol. The molecular formula is C14H16N8OS. The summed E-state index contributed by atoms with van der Waals surface area (Å²) in [6.45, 7) is 1.92. The van der Waals surface area contributed by atoms with Crippen molar-refractivity contribution >= 4 is 34.4 Å². The molecule has 124 valence electrons. The number of hydrogen-bond acceptors (Lipinski definition) is 7. The van der Waals surface area contributed by atoms with Crippen molar-refractivity contribution in [1.82, 2.24) is 35.0 Å². The molecule has 24 heavy (non-hydrogen) atoms. The molecule has 3 aromatic heterocycles. The van der Waals surface area contributed by atoms with Gasteiger partial charge < -0.3 is 5.32 Å². The highest BCUT2D eigenvalue weighted by Crippen LogP contribution is 2.36. The van der Waals surface area contributed by atoms with E-state index in [4.69, 9.17) is 0 Å². The Balaban J connectivity index is 1.42. The summed E-state index contributed by atoms with van der Waals surface area (Å²) in [5.41, 5.74) is 2.34. The van der Waals surface area contributed by atoms with Crippen molar-refractivity contribution in [3.63, 3.8) is 0 Å². The number of carbonyl (C=O) groups is 1. The Bertz CT molecular complexity index is 913. The van der Waals surface area contributed by atoms with E-state index in [9.17, 15) is 4.79 Å². The third kappa shape index (κ3) is 2.84. The normalized spacial score (nSPS) is 14.2. The first-order chi connectivity index (χ1) is 11.6. The molecule has 0 saturated heterocycles. The van der Waals surface area contributed by atoms with Crippen LogP contribution in [-0.4, -0.2) is 46.6 Å². The Morgan fingerprint density at radius 2 is 2.29 bits per heavy atom. The number of carbonyl (C=O) groups excluding carboxylic acids is 1. The summed E-state index contributed by atoms with van der Waals surface area (Å²) >= 11 is 1.34. The maximum absolute atomic E-state index is 12.2. The van der Waals surface area contributed by atoms with Gasteiger partial charge in [0.15, 0.2) is 5.65 Å². The molecule has 0 radical (unpaired) electrons. The highest BCUT2D eigenvalue weighted by atomic mass is 32.2. The topological polar surface area (TPSA) is 103 Å². The molecule has 1 saturated carbocycles. The molecule has 3 aromatic rings. The number of tetrazole rings is 1. The molecule has 0 spiro atoms. The van der Waals surface area contributed by atoms with Crippen LogP contribution in [-0.2, 0) is 11.8 Å². The average Bonchev–Trinajstić information content (AvgIpc) is 3.23. The van der Waals surface area contributed by atoms with Crippen LogP contribution >= 0.6 is 11.8 Å². The molecule has 0 aromatic carbocycles. The van der Waals surface area contributed by atoms with Gasteiger partial charge in [-0.15, -0.1) is 5.10 Å². The summed E-state index contributed by atoms with van der Waals surface area (Å²) in [5.74, 6) is 0.130. The van der Waals surface area contributed by atoms with Gasteiger partial charge in [-0.3, -0.25) is 9.48 Å². The van der Waals surface area contributed by atoms with Gasteiger partial charge in [-0.05, 0) is 36.3 Å². The second-order valence-corrected chi connectivity index (χ2v) is 6.72. The Kier molecular flexibility index (Phi) is 3.68. The van der Waals surface area contributed by atoms with Crippen molar-refractivity contribution in [2.24, 2.45) is 7.05 Å². The fourth-order valence-corrected chi connectivity index (χ4v) is 3.28. The van der Waals surface area contributed by atoms with E-state index in [0.717, 1.165) is 29.6 Å². The second-order valence-electron chi connectivity index (χ2n) is 5.78. The molecule has 1 N–H and O–H groups in total. The number of aryl methyl sites for hydroxylation is 2. The van der Waals surface area contributed by atoms with Crippen molar-refractivity contribution in [1.29, 1.82) is 0 Å². The smallest absolute Gasteiger partial charge is 0.234 e. The molecular weight excluding hydrogens is 328 g/mol. The van der Waals surface area contributed by atoms with Crippen LogP contribution in [0.5, 0.6) is 0 Å². The molecule has 0 aliphatic heterocycles. The predicted octanol–water partition coefficient (Wildman–Crippen LogP) is 1.33. The van der Waals surface area contributed by atoms with Crippen molar-refractivity contribution in [2.75, 3.05) is 11.1 Å². The van der Waals surface area contributed by atoms with E-state index in [1.807, 2.05) is 20.0 Å². The van der Waals surface area contributed by atoms with Gasteiger partial charge in [-0.2, -0.15) is 5.10 Å². The number of pyridine rings is 1. The Labute approximate surface area is 141 Å². The third-order valence-corrected chi connectivity index (χ3v) is 4.77. The summed E-state index contributed by atoms with van der Waals surface area (Å²) < 4.78 is 3.52. The molecule has 1 aliphatic rings. The molecule has 1 aliphatic carbocycles. The summed E-state index contributed by atoms with van der Waals surface area (Å²) in [6.07, 6.45) is 3.84. The molecule has 1 amide bonds. The Morgan fingerprint density at radius 3 is 3.08 bits per heavy atom. The highest BCUT2D eigenvalue weighted by molar-refractivity contribution is 7.99. The van der Waals surface area contributed by atoms with E-state index < -0.39 is 0 Å². The molecule has 1 fully saturated rings. The van der Waals surface area contributed by atoms with E-state index in [2.05, 4.69) is 30.9 Å². The van der Waals surface area contributed by atoms with Gasteiger partial charge in [-0.25, -0.2) is 9.67 Å². The maximum atomic E-state index is 12.2. The first-order valence-corrected chi connectivity index (χ1v) is 8.60. The van der Waals surface area contributed by atoms with E-state index in [1.165, 1.54) is 11.8 Å². The van der Waals surface area contributed by atoms with E-state index >= 15 is 0 Å². The first-order valence-electron chi connectivity index (χ1n) is 7.61. The third-order valence-electron chi connectivity index (χ3n) is 3.83. The number of nitrogens with one attached hydrogen (secondary N) is 1. The Hall–Kier alpha value is -2.49. The molecule has 3 heterocycles. The summed E-state index contributed by atoms with van der Waals surface area (Å²) in [5, 5.41) is 20.4. The minimum Gasteiger partial charge on any atom is -0.324 e. The highest BCUT2D eigenvalue weighted by Gasteiger charge is 2.28. The van der Waals surface area contributed by atoms with Gasteiger partial charge >= 0.3 is 0 Å². The monoisotopic (exact) mass is 344 g/mol. The predicted molar refractivity (Wildman–Crippen MR) is 88.7 cm³/mol. The van der Waals surface area contributed by atoms with E-state index in [0.29, 0.717) is 16.9 Å². The molecule has 0 bridgehead atoms. The van der Waals surface area contributed by atoms with Gasteiger partial charge in [0, 0.05) is 12.4 Å². The summed E-state index contributed by atoms with van der Waals surface area (Å²) in [7, 11) is 1.85. The number of nitrogens with zero attached hydrogens (tertiary/aromatic N) is 7. The van der Waals surface area contributed by atoms with Crippen LogP contribution in [0.2, 0.25) is 0 Å². The first kappa shape index (κ1) is 15.1. The van der Waals surface area contributed by atoms with Crippen LogP contribution in [0, 0.1) is 6.92 Å². The minimum absolute atomic E-state index is 0.118. The fraction of sp³-hybridized carbons (Fsp3) is 0.429. The van der Waals surface area contributed by atoms with Gasteiger partial charge in [0.05, 0.1) is 29.4 Å². The number of anilines is 1. The maximum Gasteiger partial charge on any atom is 0.234 e. The van der Waals surface area contributed by atoms with Crippen LogP contribution in [0.15, 0.2) is 17.4 Å². The number of aromatic nitrogens is 7. The largest absolute Gasteiger partial charge is 0.324 e. The number of fused-ring (bicyclic) bond motifs is 1. The number of amides is 1. The van der Waals surface area contributed by atoms with Gasteiger partial charge in [0.25, 0.3) is 0 Å². The van der Waals surface area contributed by atoms with Crippen molar-refractivity contribution in [3.05, 3.63) is 18.0 Å². The number of rotatable bonds is 5. The van der Waals surface area contributed by atoms with Gasteiger partial charge in [0.1, 0.15) is 0 Å². The molecule has 0 atom stereocenters. The lowest BCUT2D eigenvalue weighted by molar-refractivity contribution is -0.113. The molecule has 4 rings (SSSR count). The standard InChI is InChI=1S/C14H16N8OS/c1-8-11-5-9(6-15-13(11)21(2)18-8)16-12(23)7-24-14-17-19-20-22(14)10-3-4-10/h5-6,10H,3-4,7H2,1-2H3,(H,16,23).